The number of nitrogens with zero attached hydrogens (tertiary/aromatic N) is 3. The molecule has 1 saturated heterocycles. The molecule has 19 heteroatoms. The molecule has 4 amide bonds. The number of fused-ring (bicyclic) bond motifs is 3. The first-order valence-corrected chi connectivity index (χ1v) is 22.7. The van der Waals surface area contributed by atoms with Crippen LogP contribution in [0.4, 0.5) is 9.93 Å². The number of thiazole rings is 1. The number of nitrogens with one attached hydrogen (secondary N) is 4. The van der Waals surface area contributed by atoms with Crippen LogP contribution in [0, 0.1) is 5.92 Å². The summed E-state index contributed by atoms with van der Waals surface area (Å²) in [5.41, 5.74) is -1.28. The molecule has 3 aromatic rings. The van der Waals surface area contributed by atoms with Crippen LogP contribution in [0.5, 0.6) is 11.6 Å². The molecular weight excluding hydrogens is 815 g/mol. The van der Waals surface area contributed by atoms with Crippen LogP contribution in [0.1, 0.15) is 73.1 Å². The minimum atomic E-state index is -3.94. The van der Waals surface area contributed by atoms with Crippen molar-refractivity contribution in [2.75, 3.05) is 32.2 Å². The molecular formula is C41H53N7O10S2. The SMILES string of the molecule is COc1ccc2c(OC3C[C@H]4C(=O)N[C@]5(C(=O)NS(=O)(=O)C6CC6)CC5/C=C\COCCC[C@H](NC(=O)OC(C)(C)C)C(=O)N4C3)nc(-c3csc(NC(C)C)n3)cc2c1. The first-order valence-electron chi connectivity index (χ1n) is 20.2. The molecule has 0 bridgehead atoms. The molecule has 4 heterocycles. The summed E-state index contributed by atoms with van der Waals surface area (Å²) < 4.78 is 51.5. The number of benzene rings is 1. The topological polar surface area (TPSA) is 216 Å². The summed E-state index contributed by atoms with van der Waals surface area (Å²) in [6.45, 7) is 9.52. The van der Waals surface area contributed by atoms with Crippen LogP contribution < -0.4 is 30.1 Å². The second-order valence-corrected chi connectivity index (χ2v) is 19.8. The smallest absolute Gasteiger partial charge is 0.408 e. The molecule has 60 heavy (non-hydrogen) atoms. The number of hydrogen-bond donors (Lipinski definition) is 4. The first-order chi connectivity index (χ1) is 28.4. The summed E-state index contributed by atoms with van der Waals surface area (Å²) in [6, 6.07) is 5.22. The van der Waals surface area contributed by atoms with E-state index in [1.807, 2.05) is 37.4 Å². The molecule has 3 fully saturated rings. The molecule has 4 N–H and O–H groups in total. The lowest BCUT2D eigenvalue weighted by Crippen LogP contribution is -2.58. The number of carbonyl (C=O) groups excluding carboxylic acids is 4. The third kappa shape index (κ3) is 9.95. The van der Waals surface area contributed by atoms with Gasteiger partial charge in [-0.25, -0.2) is 23.2 Å². The van der Waals surface area contributed by atoms with Crippen LogP contribution in [-0.4, -0.2) is 115 Å². The molecule has 0 radical (unpaired) electrons. The van der Waals surface area contributed by atoms with E-state index in [-0.39, 0.29) is 50.9 Å². The molecule has 1 aromatic carbocycles. The van der Waals surface area contributed by atoms with E-state index in [1.165, 1.54) is 16.2 Å². The maximum Gasteiger partial charge on any atom is 0.408 e. The van der Waals surface area contributed by atoms with Gasteiger partial charge in [-0.05, 0) is 96.4 Å². The van der Waals surface area contributed by atoms with Gasteiger partial charge in [0.1, 0.15) is 40.8 Å². The molecule has 17 nitrogen and oxygen atoms in total. The van der Waals surface area contributed by atoms with Crippen molar-refractivity contribution in [3.63, 3.8) is 0 Å². The number of amides is 4. The number of aromatic nitrogens is 2. The van der Waals surface area contributed by atoms with Gasteiger partial charge < -0.3 is 39.8 Å². The Kier molecular flexibility index (Phi) is 12.3. The molecule has 5 atom stereocenters. The molecule has 324 valence electrons. The Balaban J connectivity index is 1.23. The minimum absolute atomic E-state index is 0.0128. The molecule has 2 aromatic heterocycles. The Bertz CT molecular complexity index is 2270. The highest BCUT2D eigenvalue weighted by atomic mass is 32.2. The summed E-state index contributed by atoms with van der Waals surface area (Å²) in [7, 11) is -2.37. The lowest BCUT2D eigenvalue weighted by atomic mass is 10.1. The van der Waals surface area contributed by atoms with E-state index in [0.717, 1.165) is 10.5 Å². The van der Waals surface area contributed by atoms with E-state index in [1.54, 1.807) is 46.1 Å². The minimum Gasteiger partial charge on any atom is -0.497 e. The van der Waals surface area contributed by atoms with Crippen LogP contribution in [0.2, 0.25) is 0 Å². The van der Waals surface area contributed by atoms with Gasteiger partial charge >= 0.3 is 6.09 Å². The molecule has 2 aliphatic heterocycles. The van der Waals surface area contributed by atoms with Crippen LogP contribution >= 0.6 is 11.3 Å². The maximum atomic E-state index is 14.7. The van der Waals surface area contributed by atoms with E-state index in [2.05, 4.69) is 20.7 Å². The van der Waals surface area contributed by atoms with Crippen molar-refractivity contribution in [3.05, 3.63) is 41.8 Å². The Morgan fingerprint density at radius 3 is 2.60 bits per heavy atom. The van der Waals surface area contributed by atoms with Crippen molar-refractivity contribution in [1.29, 1.82) is 0 Å². The molecule has 2 aliphatic carbocycles. The Labute approximate surface area is 353 Å². The highest BCUT2D eigenvalue weighted by molar-refractivity contribution is 7.91. The second-order valence-electron chi connectivity index (χ2n) is 17.0. The van der Waals surface area contributed by atoms with Crippen LogP contribution in [-0.2, 0) is 33.9 Å². The molecule has 7 rings (SSSR count). The number of carbonyl (C=O) groups is 4. The summed E-state index contributed by atoms with van der Waals surface area (Å²) in [5.74, 6) is -1.74. The molecule has 4 aliphatic rings. The van der Waals surface area contributed by atoms with Gasteiger partial charge in [0, 0.05) is 35.8 Å². The second kappa shape index (κ2) is 17.2. The fraction of sp³-hybridized carbons (Fsp3) is 0.561. The van der Waals surface area contributed by atoms with Gasteiger partial charge in [0.15, 0.2) is 5.13 Å². The number of anilines is 1. The number of methoxy groups -OCH3 is 1. The monoisotopic (exact) mass is 867 g/mol. The van der Waals surface area contributed by atoms with Gasteiger partial charge in [0.05, 0.1) is 31.2 Å². The average molecular weight is 868 g/mol. The Hall–Kier alpha value is -5.01. The van der Waals surface area contributed by atoms with Gasteiger partial charge in [0.25, 0.3) is 5.91 Å². The van der Waals surface area contributed by atoms with Gasteiger partial charge in [-0.15, -0.1) is 11.3 Å². The predicted octanol–water partition coefficient (Wildman–Crippen LogP) is 4.28. The Morgan fingerprint density at radius 2 is 1.88 bits per heavy atom. The third-order valence-electron chi connectivity index (χ3n) is 10.6. The zero-order chi connectivity index (χ0) is 43.0. The lowest BCUT2D eigenvalue weighted by molar-refractivity contribution is -0.141. The van der Waals surface area contributed by atoms with Crippen LogP contribution in [0.3, 0.4) is 0 Å². The number of rotatable bonds is 10. The summed E-state index contributed by atoms with van der Waals surface area (Å²) in [5, 5.41) is 12.2. The van der Waals surface area contributed by atoms with E-state index in [4.69, 9.17) is 28.9 Å². The Morgan fingerprint density at radius 1 is 1.10 bits per heavy atom. The van der Waals surface area contributed by atoms with Gasteiger partial charge in [-0.3, -0.25) is 19.1 Å². The maximum absolute atomic E-state index is 14.7. The van der Waals surface area contributed by atoms with Crippen LogP contribution in [0.15, 0.2) is 41.8 Å². The number of hydrogen-bond acceptors (Lipinski definition) is 14. The number of sulfonamides is 1. The molecule has 2 saturated carbocycles. The van der Waals surface area contributed by atoms with Crippen molar-refractivity contribution >= 4 is 61.1 Å². The summed E-state index contributed by atoms with van der Waals surface area (Å²) in [4.78, 5) is 67.1. The summed E-state index contributed by atoms with van der Waals surface area (Å²) in [6.07, 6.45) is 3.45. The van der Waals surface area contributed by atoms with Crippen molar-refractivity contribution in [3.8, 4) is 23.0 Å². The lowest BCUT2D eigenvalue weighted by Gasteiger charge is -2.30. The molecule has 2 unspecified atom stereocenters. The third-order valence-corrected chi connectivity index (χ3v) is 13.2. The average Bonchev–Trinajstić information content (AvgIpc) is 4.06. The first kappa shape index (κ1) is 43.1. The summed E-state index contributed by atoms with van der Waals surface area (Å²) >= 11 is 1.44. The van der Waals surface area contributed by atoms with Crippen molar-refractivity contribution < 1.29 is 46.5 Å². The van der Waals surface area contributed by atoms with Gasteiger partial charge in [-0.2, -0.15) is 0 Å². The fourth-order valence-electron chi connectivity index (χ4n) is 7.42. The fourth-order valence-corrected chi connectivity index (χ4v) is 9.64. The zero-order valence-electron chi connectivity index (χ0n) is 34.6. The highest BCUT2D eigenvalue weighted by Crippen LogP contribution is 2.46. The predicted molar refractivity (Wildman–Crippen MR) is 224 cm³/mol. The largest absolute Gasteiger partial charge is 0.497 e. The molecule has 0 spiro atoms. The van der Waals surface area contributed by atoms with Crippen molar-refractivity contribution in [2.45, 2.75) is 114 Å². The normalized spacial score (nSPS) is 25.6. The number of ether oxygens (including phenoxy) is 4. The number of pyridine rings is 1. The van der Waals surface area contributed by atoms with E-state index >= 15 is 0 Å². The van der Waals surface area contributed by atoms with E-state index in [0.29, 0.717) is 41.8 Å². The van der Waals surface area contributed by atoms with Crippen molar-refractivity contribution in [1.82, 2.24) is 30.2 Å². The highest BCUT2D eigenvalue weighted by Gasteiger charge is 2.62. The quantitative estimate of drug-likeness (QED) is 0.210. The zero-order valence-corrected chi connectivity index (χ0v) is 36.2. The van der Waals surface area contributed by atoms with Gasteiger partial charge in [-0.1, -0.05) is 12.2 Å². The van der Waals surface area contributed by atoms with Gasteiger partial charge in [0.2, 0.25) is 27.7 Å². The van der Waals surface area contributed by atoms with E-state index < -0.39 is 74.3 Å². The van der Waals surface area contributed by atoms with E-state index in [9.17, 15) is 27.6 Å². The number of alkyl carbamates (subject to hydrolysis) is 1. The van der Waals surface area contributed by atoms with Crippen molar-refractivity contribution in [2.24, 2.45) is 5.92 Å². The standard InChI is InChI=1S/C41H53N7O10S2/c1-23(2)42-38-44-32(22-59-38)31-18-24-17-26(55-6)11-14-29(24)35(43-31)57-27-19-33-34(49)46-41(37(51)47-60(53,54)28-12-13-28)20-25(41)9-7-15-56-16-8-10-30(36(50)48(33)21-27)45-39(52)58-40(3,4)5/h7,9,11,14,17-18,22-23,25,27-28,30,33H,8,10,12-13,15-16,19-21H2,1-6H3,(H,42,44)(H,45,52)(H,46,49)(H,47,51)/b9-7-/t25?,27?,30-,33-,41+/m0/s1. The van der Waals surface area contributed by atoms with Crippen LogP contribution in [0.25, 0.3) is 22.2 Å².